The summed E-state index contributed by atoms with van der Waals surface area (Å²) in [6, 6.07) is 18.2. The Hall–Kier alpha value is -4.44. The molecule has 0 saturated heterocycles. The largest absolute Gasteiger partial charge is 0.453 e. The van der Waals surface area contributed by atoms with Gasteiger partial charge in [0.1, 0.15) is 6.04 Å². The maximum Gasteiger partial charge on any atom is 0.414 e. The lowest BCUT2D eigenvalue weighted by Gasteiger charge is -2.36. The Morgan fingerprint density at radius 1 is 0.920 bits per heavy atom. The monoisotopic (exact) mass is 732 g/mol. The zero-order valence-corrected chi connectivity index (χ0v) is 29.0. The normalized spacial score (nSPS) is 13.8. The van der Waals surface area contributed by atoms with Crippen LogP contribution in [-0.2, 0) is 26.0 Å². The van der Waals surface area contributed by atoms with Crippen molar-refractivity contribution in [3.8, 4) is 11.1 Å². The molecule has 0 aliphatic rings. The van der Waals surface area contributed by atoms with Gasteiger partial charge in [-0.2, -0.15) is 17.5 Å². The van der Waals surface area contributed by atoms with E-state index in [0.29, 0.717) is 35.4 Å². The van der Waals surface area contributed by atoms with E-state index in [0.717, 1.165) is 28.6 Å². The molecule has 0 bridgehead atoms. The van der Waals surface area contributed by atoms with Crippen molar-refractivity contribution in [1.82, 2.24) is 9.21 Å². The van der Waals surface area contributed by atoms with E-state index < -0.39 is 57.8 Å². The number of methoxy groups -OCH3 is 1. The van der Waals surface area contributed by atoms with Crippen LogP contribution in [0.4, 0.5) is 23.7 Å². The molecule has 2 amide bonds. The number of carbonyl (C=O) groups is 2. The summed E-state index contributed by atoms with van der Waals surface area (Å²) in [5, 5.41) is 10.5. The Balaban J connectivity index is 1.74. The molecular formula is C35H39F3N4O6S2. The lowest BCUT2D eigenvalue weighted by atomic mass is 9.98. The highest BCUT2D eigenvalue weighted by Crippen LogP contribution is 2.44. The summed E-state index contributed by atoms with van der Waals surface area (Å²) in [4.78, 5) is 25.8. The van der Waals surface area contributed by atoms with Crippen molar-refractivity contribution in [2.24, 2.45) is 5.73 Å². The number of amides is 2. The van der Waals surface area contributed by atoms with Gasteiger partial charge in [0, 0.05) is 28.4 Å². The molecule has 0 aliphatic carbocycles. The van der Waals surface area contributed by atoms with E-state index in [1.54, 1.807) is 24.3 Å². The van der Waals surface area contributed by atoms with Gasteiger partial charge in [-0.05, 0) is 59.5 Å². The average molecular weight is 733 g/mol. The highest BCUT2D eigenvalue weighted by atomic mass is 32.2. The first kappa shape index (κ1) is 38.4. The van der Waals surface area contributed by atoms with E-state index in [2.05, 4.69) is 0 Å². The van der Waals surface area contributed by atoms with Crippen LogP contribution in [-0.4, -0.2) is 67.2 Å². The molecule has 0 spiro atoms. The number of unbranched alkanes of at least 4 members (excludes halogenated alkanes) is 1. The number of primary amides is 1. The second-order valence-electron chi connectivity index (χ2n) is 11.5. The fraction of sp³-hybridized carbons (Fsp3) is 0.314. The molecule has 4 aromatic rings. The van der Waals surface area contributed by atoms with Gasteiger partial charge in [0.05, 0.1) is 24.7 Å². The van der Waals surface area contributed by atoms with Crippen molar-refractivity contribution in [3.63, 3.8) is 0 Å². The summed E-state index contributed by atoms with van der Waals surface area (Å²) in [7, 11) is -3.35. The van der Waals surface area contributed by atoms with Gasteiger partial charge >= 0.3 is 12.3 Å². The molecule has 0 saturated carbocycles. The second kappa shape index (κ2) is 16.5. The number of carbonyl (C=O) groups excluding carboxylic acids is 2. The fourth-order valence-electron chi connectivity index (χ4n) is 5.55. The van der Waals surface area contributed by atoms with Crippen LogP contribution in [0.1, 0.15) is 47.2 Å². The molecule has 0 aliphatic heterocycles. The summed E-state index contributed by atoms with van der Waals surface area (Å²) in [5.74, 6) is -1.19. The van der Waals surface area contributed by atoms with Gasteiger partial charge in [0.2, 0.25) is 15.9 Å². The number of ether oxygens (including phenoxy) is 1. The molecule has 0 unspecified atom stereocenters. The number of thiophene rings is 1. The zero-order valence-electron chi connectivity index (χ0n) is 27.4. The highest BCUT2D eigenvalue weighted by Gasteiger charge is 2.51. The van der Waals surface area contributed by atoms with E-state index >= 15 is 13.2 Å². The van der Waals surface area contributed by atoms with Gasteiger partial charge in [0.25, 0.3) is 0 Å². The molecule has 1 heterocycles. The number of sulfonamides is 1. The third-order valence-corrected chi connectivity index (χ3v) is 11.3. The van der Waals surface area contributed by atoms with Crippen LogP contribution in [0.3, 0.4) is 0 Å². The molecule has 268 valence electrons. The molecule has 10 nitrogen and oxygen atoms in total. The highest BCUT2D eigenvalue weighted by molar-refractivity contribution is 7.89. The van der Waals surface area contributed by atoms with Crippen molar-refractivity contribution in [2.75, 3.05) is 26.0 Å². The minimum atomic E-state index is -5.13. The lowest BCUT2D eigenvalue weighted by molar-refractivity contribution is -0.186. The van der Waals surface area contributed by atoms with Crippen molar-refractivity contribution in [2.45, 2.75) is 55.4 Å². The number of hydrogen-bond acceptors (Lipinski definition) is 8. The second-order valence-corrected chi connectivity index (χ2v) is 14.5. The Morgan fingerprint density at radius 3 is 2.06 bits per heavy atom. The maximum absolute atomic E-state index is 15.1. The van der Waals surface area contributed by atoms with E-state index in [1.807, 2.05) is 37.3 Å². The van der Waals surface area contributed by atoms with E-state index in [-0.39, 0.29) is 27.6 Å². The Labute approximate surface area is 293 Å². The first-order valence-electron chi connectivity index (χ1n) is 15.7. The lowest BCUT2D eigenvalue weighted by Crippen LogP contribution is -2.53. The summed E-state index contributed by atoms with van der Waals surface area (Å²) >= 11 is 0.560. The van der Waals surface area contributed by atoms with Crippen LogP contribution in [0.25, 0.3) is 11.1 Å². The van der Waals surface area contributed by atoms with Crippen molar-refractivity contribution in [3.05, 3.63) is 106 Å². The molecule has 1 aromatic heterocycles. The SMILES string of the molecule is CCCCN([C@H](CO)c1ccc([C@@H](N(C(=O)OC)[C@@H](Cc2ccc(-c3ccccc3)cc2)C(N)=O)C(F)(F)F)s1)S(=O)(=O)c1ccc(N)cc1. The molecule has 3 aromatic carbocycles. The summed E-state index contributed by atoms with van der Waals surface area (Å²) in [6.07, 6.45) is -5.94. The van der Waals surface area contributed by atoms with Gasteiger partial charge in [-0.25, -0.2) is 13.2 Å². The van der Waals surface area contributed by atoms with Crippen LogP contribution in [0.5, 0.6) is 0 Å². The van der Waals surface area contributed by atoms with Gasteiger partial charge in [-0.3, -0.25) is 9.69 Å². The number of anilines is 1. The zero-order chi connectivity index (χ0) is 36.6. The van der Waals surface area contributed by atoms with Crippen LogP contribution < -0.4 is 11.5 Å². The molecule has 0 radical (unpaired) electrons. The Kier molecular flexibility index (Phi) is 12.7. The number of aliphatic hydroxyl groups excluding tert-OH is 1. The first-order chi connectivity index (χ1) is 23.7. The van der Waals surface area contributed by atoms with Crippen molar-refractivity contribution in [1.29, 1.82) is 0 Å². The van der Waals surface area contributed by atoms with Gasteiger partial charge in [-0.1, -0.05) is 67.9 Å². The predicted molar refractivity (Wildman–Crippen MR) is 185 cm³/mol. The minimum absolute atomic E-state index is 0.0362. The summed E-state index contributed by atoms with van der Waals surface area (Å²) < 4.78 is 78.5. The molecule has 50 heavy (non-hydrogen) atoms. The topological polar surface area (TPSA) is 156 Å². The third kappa shape index (κ3) is 8.82. The molecule has 3 atom stereocenters. The van der Waals surface area contributed by atoms with Crippen molar-refractivity contribution < 1.29 is 41.0 Å². The minimum Gasteiger partial charge on any atom is -0.453 e. The van der Waals surface area contributed by atoms with Gasteiger partial charge < -0.3 is 21.3 Å². The predicted octanol–water partition coefficient (Wildman–Crippen LogP) is 6.29. The first-order valence-corrected chi connectivity index (χ1v) is 17.9. The Morgan fingerprint density at radius 2 is 1.52 bits per heavy atom. The molecule has 0 fully saturated rings. The van der Waals surface area contributed by atoms with Crippen molar-refractivity contribution >= 4 is 39.0 Å². The molecule has 15 heteroatoms. The van der Waals surface area contributed by atoms with Crippen LogP contribution in [0, 0.1) is 0 Å². The summed E-state index contributed by atoms with van der Waals surface area (Å²) in [5.41, 5.74) is 13.9. The molecule has 4 rings (SSSR count). The fourth-order valence-corrected chi connectivity index (χ4v) is 8.49. The number of halogens is 3. The number of nitrogen functional groups attached to an aromatic ring is 1. The quantitative estimate of drug-likeness (QED) is 0.121. The number of nitrogens with zero attached hydrogens (tertiary/aromatic N) is 2. The van der Waals surface area contributed by atoms with Gasteiger partial charge in [0.15, 0.2) is 6.04 Å². The number of aliphatic hydroxyl groups is 1. The van der Waals surface area contributed by atoms with Crippen LogP contribution >= 0.6 is 11.3 Å². The number of rotatable bonds is 15. The number of hydrogen-bond donors (Lipinski definition) is 3. The summed E-state index contributed by atoms with van der Waals surface area (Å²) in [6.45, 7) is 1.05. The van der Waals surface area contributed by atoms with Crippen LogP contribution in [0.2, 0.25) is 0 Å². The van der Waals surface area contributed by atoms with E-state index in [9.17, 15) is 23.1 Å². The van der Waals surface area contributed by atoms with E-state index in [4.69, 9.17) is 16.2 Å². The number of benzene rings is 3. The number of nitrogens with two attached hydrogens (primary N) is 2. The number of alkyl halides is 3. The van der Waals surface area contributed by atoms with Gasteiger partial charge in [-0.15, -0.1) is 11.3 Å². The average Bonchev–Trinajstić information content (AvgIpc) is 3.56. The maximum atomic E-state index is 15.1. The van der Waals surface area contributed by atoms with E-state index in [1.165, 1.54) is 30.3 Å². The Bertz CT molecular complexity index is 1840. The third-order valence-electron chi connectivity index (χ3n) is 8.11. The molecular weight excluding hydrogens is 694 g/mol. The standard InChI is InChI=1S/C35H39F3N4O6S2/c1-3-4-20-41(50(46,47)27-16-14-26(39)15-17-27)29(22-43)30-18-19-31(49-30)32(35(36,37)38)42(34(45)48-2)28(33(40)44)21-23-10-12-25(13-11-23)24-8-6-5-7-9-24/h5-19,28-29,32,43H,3-4,20-22,39H2,1-2H3,(H2,40,44)/t28-,29+,32+/m0/s1. The smallest absolute Gasteiger partial charge is 0.414 e. The molecule has 5 N–H and O–H groups in total. The van der Waals surface area contributed by atoms with Crippen LogP contribution in [0.15, 0.2) is 95.9 Å².